The summed E-state index contributed by atoms with van der Waals surface area (Å²) in [6, 6.07) is 3.13. The molecule has 0 N–H and O–H groups in total. The molecule has 3 heterocycles. The zero-order valence-electron chi connectivity index (χ0n) is 12.8. The number of hydrogen-bond acceptors (Lipinski definition) is 7. The molecular formula is C13H17ClN4O3S2. The molecule has 0 radical (unpaired) electrons. The number of halogens is 1. The molecule has 1 saturated heterocycles. The lowest BCUT2D eigenvalue weighted by Gasteiger charge is -2.35. The lowest BCUT2D eigenvalue weighted by Crippen LogP contribution is -2.49. The Morgan fingerprint density at radius 3 is 2.48 bits per heavy atom. The molecule has 23 heavy (non-hydrogen) atoms. The molecule has 1 aliphatic heterocycles. The van der Waals surface area contributed by atoms with E-state index in [1.54, 1.807) is 19.1 Å². The predicted octanol–water partition coefficient (Wildman–Crippen LogP) is 2.16. The van der Waals surface area contributed by atoms with Gasteiger partial charge in [0.2, 0.25) is 11.8 Å². The average Bonchev–Trinajstić information content (AvgIpc) is 3.15. The zero-order chi connectivity index (χ0) is 16.6. The minimum absolute atomic E-state index is 0.0303. The van der Waals surface area contributed by atoms with Crippen molar-refractivity contribution in [3.05, 3.63) is 28.3 Å². The largest absolute Gasteiger partial charge is 0.424 e. The number of sulfonamides is 1. The molecule has 0 saturated carbocycles. The van der Waals surface area contributed by atoms with Crippen LogP contribution in [0.5, 0.6) is 0 Å². The maximum absolute atomic E-state index is 12.6. The Morgan fingerprint density at radius 2 is 1.96 bits per heavy atom. The Balaban J connectivity index is 1.66. The van der Waals surface area contributed by atoms with Gasteiger partial charge in [-0.05, 0) is 19.1 Å². The minimum Gasteiger partial charge on any atom is -0.424 e. The second-order valence-corrected chi connectivity index (χ2v) is 9.21. The third-order valence-corrected chi connectivity index (χ3v) is 7.46. The van der Waals surface area contributed by atoms with Crippen LogP contribution in [0.3, 0.4) is 0 Å². The van der Waals surface area contributed by atoms with Gasteiger partial charge in [0.05, 0.1) is 10.4 Å². The summed E-state index contributed by atoms with van der Waals surface area (Å²) in [5, 5.41) is 7.87. The van der Waals surface area contributed by atoms with E-state index in [0.29, 0.717) is 42.3 Å². The molecule has 1 atom stereocenters. The van der Waals surface area contributed by atoms with Crippen molar-refractivity contribution in [2.24, 2.45) is 0 Å². The molecule has 0 amide bonds. The lowest BCUT2D eigenvalue weighted by molar-refractivity contribution is 0.128. The van der Waals surface area contributed by atoms with E-state index in [0.717, 1.165) is 11.3 Å². The van der Waals surface area contributed by atoms with Crippen LogP contribution in [0, 0.1) is 6.92 Å². The summed E-state index contributed by atoms with van der Waals surface area (Å²) in [6.07, 6.45) is 0. The van der Waals surface area contributed by atoms with Gasteiger partial charge in [-0.2, -0.15) is 4.31 Å². The number of hydrogen-bond donors (Lipinski definition) is 0. The van der Waals surface area contributed by atoms with Gasteiger partial charge in [0.15, 0.2) is 0 Å². The predicted molar refractivity (Wildman–Crippen MR) is 87.1 cm³/mol. The Kier molecular flexibility index (Phi) is 4.75. The highest BCUT2D eigenvalue weighted by molar-refractivity contribution is 7.91. The van der Waals surface area contributed by atoms with Gasteiger partial charge in [-0.1, -0.05) is 11.6 Å². The number of aromatic nitrogens is 2. The van der Waals surface area contributed by atoms with Gasteiger partial charge < -0.3 is 4.42 Å². The highest BCUT2D eigenvalue weighted by atomic mass is 35.5. The van der Waals surface area contributed by atoms with Crippen LogP contribution < -0.4 is 0 Å². The summed E-state index contributed by atoms with van der Waals surface area (Å²) in [5.74, 6) is 1.09. The van der Waals surface area contributed by atoms with Gasteiger partial charge in [0.25, 0.3) is 10.0 Å². The van der Waals surface area contributed by atoms with Crippen LogP contribution in [0.1, 0.15) is 24.7 Å². The molecule has 7 nitrogen and oxygen atoms in total. The number of thiophene rings is 1. The molecule has 10 heteroatoms. The van der Waals surface area contributed by atoms with Crippen LogP contribution in [0.25, 0.3) is 0 Å². The van der Waals surface area contributed by atoms with Gasteiger partial charge in [0.1, 0.15) is 4.21 Å². The molecule has 1 unspecified atom stereocenters. The van der Waals surface area contributed by atoms with Crippen LogP contribution in [0.15, 0.2) is 20.8 Å². The number of piperazine rings is 1. The first-order valence-corrected chi connectivity index (χ1v) is 9.81. The first-order valence-electron chi connectivity index (χ1n) is 7.17. The van der Waals surface area contributed by atoms with Crippen molar-refractivity contribution < 1.29 is 12.8 Å². The highest BCUT2D eigenvalue weighted by Crippen LogP contribution is 2.29. The smallest absolute Gasteiger partial charge is 0.252 e. The third-order valence-electron chi connectivity index (χ3n) is 3.86. The van der Waals surface area contributed by atoms with E-state index in [-0.39, 0.29) is 10.3 Å². The second kappa shape index (κ2) is 6.48. The maximum Gasteiger partial charge on any atom is 0.252 e. The molecule has 0 aliphatic carbocycles. The summed E-state index contributed by atoms with van der Waals surface area (Å²) in [6.45, 7) is 5.81. The van der Waals surface area contributed by atoms with Gasteiger partial charge in [-0.15, -0.1) is 21.5 Å². The number of aryl methyl sites for hydroxylation is 1. The molecule has 126 valence electrons. The summed E-state index contributed by atoms with van der Waals surface area (Å²) in [7, 11) is -3.46. The Morgan fingerprint density at radius 1 is 1.26 bits per heavy atom. The Hall–Kier alpha value is -1.00. The topological polar surface area (TPSA) is 79.5 Å². The van der Waals surface area contributed by atoms with Crippen molar-refractivity contribution in [1.29, 1.82) is 0 Å². The average molecular weight is 377 g/mol. The van der Waals surface area contributed by atoms with Crippen molar-refractivity contribution in [3.63, 3.8) is 0 Å². The number of nitrogens with zero attached hydrogens (tertiary/aromatic N) is 4. The summed E-state index contributed by atoms with van der Waals surface area (Å²) >= 11 is 6.93. The molecule has 2 aromatic rings. The third kappa shape index (κ3) is 3.43. The van der Waals surface area contributed by atoms with Crippen LogP contribution in [0.4, 0.5) is 0 Å². The first kappa shape index (κ1) is 16.8. The standard InChI is InChI=1S/C13H17ClN4O3S2/c1-9(13-16-15-10(2)21-13)17-5-7-18(8-6-17)23(19,20)12-4-3-11(14)22-12/h3-4,9H,5-8H2,1-2H3. The summed E-state index contributed by atoms with van der Waals surface area (Å²) in [4.78, 5) is 2.14. The van der Waals surface area contributed by atoms with Crippen molar-refractivity contribution >= 4 is 33.0 Å². The Labute approximate surface area is 143 Å². The van der Waals surface area contributed by atoms with E-state index in [2.05, 4.69) is 15.1 Å². The second-order valence-electron chi connectivity index (χ2n) is 5.33. The van der Waals surface area contributed by atoms with E-state index in [9.17, 15) is 8.42 Å². The van der Waals surface area contributed by atoms with Gasteiger partial charge in [-0.3, -0.25) is 4.90 Å². The molecule has 2 aromatic heterocycles. The van der Waals surface area contributed by atoms with E-state index >= 15 is 0 Å². The fourth-order valence-corrected chi connectivity index (χ4v) is 5.59. The van der Waals surface area contributed by atoms with Crippen LogP contribution >= 0.6 is 22.9 Å². The van der Waals surface area contributed by atoms with Crippen molar-refractivity contribution in [2.75, 3.05) is 26.2 Å². The number of rotatable bonds is 4. The van der Waals surface area contributed by atoms with Gasteiger partial charge >= 0.3 is 0 Å². The van der Waals surface area contributed by atoms with Crippen molar-refractivity contribution in [3.8, 4) is 0 Å². The highest BCUT2D eigenvalue weighted by Gasteiger charge is 2.32. The lowest BCUT2D eigenvalue weighted by atomic mass is 10.2. The van der Waals surface area contributed by atoms with Crippen LogP contribution in [-0.4, -0.2) is 54.0 Å². The molecule has 1 fully saturated rings. The van der Waals surface area contributed by atoms with E-state index < -0.39 is 10.0 Å². The summed E-state index contributed by atoms with van der Waals surface area (Å²) in [5.41, 5.74) is 0. The van der Waals surface area contributed by atoms with E-state index in [4.69, 9.17) is 16.0 Å². The van der Waals surface area contributed by atoms with Crippen LogP contribution in [0.2, 0.25) is 4.34 Å². The van der Waals surface area contributed by atoms with E-state index in [1.165, 1.54) is 4.31 Å². The normalized spacial score (nSPS) is 19.1. The molecule has 1 aliphatic rings. The van der Waals surface area contributed by atoms with Crippen molar-refractivity contribution in [1.82, 2.24) is 19.4 Å². The molecule has 3 rings (SSSR count). The quantitative estimate of drug-likeness (QED) is 0.813. The van der Waals surface area contributed by atoms with Crippen LogP contribution in [-0.2, 0) is 10.0 Å². The SMILES string of the molecule is Cc1nnc(C(C)N2CCN(S(=O)(=O)c3ccc(Cl)s3)CC2)o1. The van der Waals surface area contributed by atoms with Crippen molar-refractivity contribution in [2.45, 2.75) is 24.1 Å². The van der Waals surface area contributed by atoms with Gasteiger partial charge in [-0.25, -0.2) is 8.42 Å². The molecular weight excluding hydrogens is 360 g/mol. The maximum atomic E-state index is 12.6. The first-order chi connectivity index (χ1) is 10.9. The minimum atomic E-state index is -3.46. The monoisotopic (exact) mass is 376 g/mol. The fraction of sp³-hybridized carbons (Fsp3) is 0.538. The van der Waals surface area contributed by atoms with Gasteiger partial charge in [0, 0.05) is 33.1 Å². The van der Waals surface area contributed by atoms with E-state index in [1.807, 2.05) is 6.92 Å². The molecule has 0 aromatic carbocycles. The Bertz CT molecular complexity index is 781. The fourth-order valence-electron chi connectivity index (χ4n) is 2.53. The summed E-state index contributed by atoms with van der Waals surface area (Å²) < 4.78 is 32.9. The zero-order valence-corrected chi connectivity index (χ0v) is 15.2. The molecule has 0 spiro atoms. The molecule has 0 bridgehead atoms.